The average molecular weight is 341 g/mol. The number of benzene rings is 1. The molecule has 25 heavy (non-hydrogen) atoms. The van der Waals surface area contributed by atoms with Crippen molar-refractivity contribution in [3.8, 4) is 0 Å². The first-order chi connectivity index (χ1) is 12.0. The first kappa shape index (κ1) is 16.7. The van der Waals surface area contributed by atoms with Crippen LogP contribution in [0.3, 0.4) is 0 Å². The minimum absolute atomic E-state index is 0.0882. The van der Waals surface area contributed by atoms with Gasteiger partial charge in [0.05, 0.1) is 12.7 Å². The fourth-order valence-corrected chi connectivity index (χ4v) is 2.73. The van der Waals surface area contributed by atoms with Crippen molar-refractivity contribution in [3.05, 3.63) is 47.4 Å². The number of hydrogen-bond acceptors (Lipinski definition) is 4. The summed E-state index contributed by atoms with van der Waals surface area (Å²) in [5.41, 5.74) is 3.92. The van der Waals surface area contributed by atoms with Gasteiger partial charge in [0.2, 0.25) is 5.91 Å². The van der Waals surface area contributed by atoms with E-state index >= 15 is 0 Å². The summed E-state index contributed by atoms with van der Waals surface area (Å²) in [5.74, 6) is -1.08. The molecule has 0 unspecified atom stereocenters. The summed E-state index contributed by atoms with van der Waals surface area (Å²) in [7, 11) is 0. The molecule has 8 nitrogen and oxygen atoms in total. The molecule has 1 aromatic carbocycles. The number of aliphatic carboxylic acids is 1. The maximum absolute atomic E-state index is 12.0. The van der Waals surface area contributed by atoms with Gasteiger partial charge in [0.25, 0.3) is 0 Å². The van der Waals surface area contributed by atoms with Crippen molar-refractivity contribution in [2.75, 3.05) is 0 Å². The molecule has 0 aliphatic heterocycles. The van der Waals surface area contributed by atoms with Crippen molar-refractivity contribution in [2.24, 2.45) is 0 Å². The molecule has 3 N–H and O–H groups in total. The minimum Gasteiger partial charge on any atom is -0.480 e. The van der Waals surface area contributed by atoms with E-state index in [1.54, 1.807) is 0 Å². The van der Waals surface area contributed by atoms with E-state index < -0.39 is 5.97 Å². The first-order valence-corrected chi connectivity index (χ1v) is 7.96. The Kier molecular flexibility index (Phi) is 4.78. The lowest BCUT2D eigenvalue weighted by Gasteiger charge is -2.03. The van der Waals surface area contributed by atoms with E-state index in [0.717, 1.165) is 16.5 Å². The first-order valence-electron chi connectivity index (χ1n) is 7.96. The van der Waals surface area contributed by atoms with E-state index in [9.17, 15) is 9.59 Å². The molecule has 0 spiro atoms. The zero-order chi connectivity index (χ0) is 17.8. The Morgan fingerprint density at radius 3 is 3.00 bits per heavy atom. The predicted molar refractivity (Wildman–Crippen MR) is 90.9 cm³/mol. The van der Waals surface area contributed by atoms with E-state index in [2.05, 4.69) is 20.6 Å². The van der Waals surface area contributed by atoms with Gasteiger partial charge >= 0.3 is 5.97 Å². The molecule has 0 atom stereocenters. The second-order valence-corrected chi connectivity index (χ2v) is 5.89. The molecule has 2 aromatic heterocycles. The maximum Gasteiger partial charge on any atom is 0.325 e. The highest BCUT2D eigenvalue weighted by Gasteiger charge is 2.09. The Hall–Kier alpha value is -3.16. The van der Waals surface area contributed by atoms with Gasteiger partial charge < -0.3 is 15.4 Å². The lowest BCUT2D eigenvalue weighted by molar-refractivity contribution is -0.138. The zero-order valence-electron chi connectivity index (χ0n) is 13.8. The molecule has 0 bridgehead atoms. The van der Waals surface area contributed by atoms with Crippen LogP contribution in [0, 0.1) is 6.92 Å². The Morgan fingerprint density at radius 1 is 1.36 bits per heavy atom. The van der Waals surface area contributed by atoms with Crippen LogP contribution in [0.5, 0.6) is 0 Å². The van der Waals surface area contributed by atoms with Gasteiger partial charge in [-0.15, -0.1) is 5.10 Å². The van der Waals surface area contributed by atoms with Crippen molar-refractivity contribution in [3.63, 3.8) is 0 Å². The van der Waals surface area contributed by atoms with E-state index in [-0.39, 0.29) is 19.0 Å². The number of carbonyl (C=O) groups is 2. The molecule has 3 rings (SSSR count). The second kappa shape index (κ2) is 7.16. The number of aryl methyl sites for hydroxylation is 2. The molecule has 130 valence electrons. The summed E-state index contributed by atoms with van der Waals surface area (Å²) in [6.07, 6.45) is 4.46. The number of para-hydroxylation sites is 1. The zero-order valence-corrected chi connectivity index (χ0v) is 13.8. The van der Waals surface area contributed by atoms with Crippen LogP contribution in [0.1, 0.15) is 23.2 Å². The fraction of sp³-hybridized carbons (Fsp3) is 0.294. The van der Waals surface area contributed by atoms with Crippen molar-refractivity contribution < 1.29 is 14.7 Å². The highest BCUT2D eigenvalue weighted by atomic mass is 16.4. The largest absolute Gasteiger partial charge is 0.480 e. The van der Waals surface area contributed by atoms with Crippen LogP contribution < -0.4 is 5.32 Å². The number of rotatable bonds is 7. The van der Waals surface area contributed by atoms with Crippen LogP contribution in [-0.4, -0.2) is 37.0 Å². The Labute approximate surface area is 143 Å². The average Bonchev–Trinajstić information content (AvgIpc) is 3.18. The second-order valence-electron chi connectivity index (χ2n) is 5.89. The van der Waals surface area contributed by atoms with Crippen LogP contribution >= 0.6 is 0 Å². The molecule has 1 amide bonds. The molecule has 0 radical (unpaired) electrons. The summed E-state index contributed by atoms with van der Waals surface area (Å²) in [6.45, 7) is 2.03. The summed E-state index contributed by atoms with van der Waals surface area (Å²) in [4.78, 5) is 25.9. The number of fused-ring (bicyclic) bond motifs is 1. The number of nitrogens with one attached hydrogen (secondary N) is 2. The van der Waals surface area contributed by atoms with E-state index in [4.69, 9.17) is 5.11 Å². The van der Waals surface area contributed by atoms with E-state index in [1.807, 2.05) is 31.3 Å². The summed E-state index contributed by atoms with van der Waals surface area (Å²) < 4.78 is 1.22. The maximum atomic E-state index is 12.0. The highest BCUT2D eigenvalue weighted by molar-refractivity contribution is 5.86. The molecule has 0 saturated carbocycles. The smallest absolute Gasteiger partial charge is 0.325 e. The molecule has 0 saturated heterocycles. The molecule has 0 fully saturated rings. The molecule has 0 aliphatic carbocycles. The van der Waals surface area contributed by atoms with Crippen molar-refractivity contribution in [2.45, 2.75) is 32.9 Å². The number of nitrogens with zero attached hydrogens (tertiary/aromatic N) is 3. The van der Waals surface area contributed by atoms with Gasteiger partial charge in [0.15, 0.2) is 0 Å². The lowest BCUT2D eigenvalue weighted by atomic mass is 10.1. The van der Waals surface area contributed by atoms with E-state index in [0.29, 0.717) is 18.5 Å². The number of aromatic amines is 1. The van der Waals surface area contributed by atoms with E-state index in [1.165, 1.54) is 16.4 Å². The Balaban J connectivity index is 1.52. The number of aromatic nitrogens is 4. The van der Waals surface area contributed by atoms with Crippen molar-refractivity contribution in [1.82, 2.24) is 25.3 Å². The molecule has 0 aliphatic rings. The van der Waals surface area contributed by atoms with Gasteiger partial charge in [-0.25, -0.2) is 4.68 Å². The van der Waals surface area contributed by atoms with Gasteiger partial charge in [-0.3, -0.25) is 9.59 Å². The fourth-order valence-electron chi connectivity index (χ4n) is 2.73. The SMILES string of the molecule is Cc1cccc2c(CCC(=O)NCc3cn(CC(=O)O)nn3)c[nH]c12. The minimum atomic E-state index is -0.991. The number of amides is 1. The standard InChI is InChI=1S/C17H19N5O3/c1-11-3-2-4-14-12(7-19-17(11)14)5-6-15(23)18-8-13-9-22(21-20-13)10-16(24)25/h2-4,7,9,19H,5-6,8,10H2,1H3,(H,18,23)(H,24,25). The normalized spacial score (nSPS) is 10.9. The highest BCUT2D eigenvalue weighted by Crippen LogP contribution is 2.22. The summed E-state index contributed by atoms with van der Waals surface area (Å²) in [5, 5.41) is 20.1. The summed E-state index contributed by atoms with van der Waals surface area (Å²) in [6, 6.07) is 6.11. The third-order valence-electron chi connectivity index (χ3n) is 3.98. The van der Waals surface area contributed by atoms with Gasteiger partial charge in [0, 0.05) is 23.5 Å². The van der Waals surface area contributed by atoms with Gasteiger partial charge in [-0.1, -0.05) is 23.4 Å². The monoisotopic (exact) mass is 341 g/mol. The predicted octanol–water partition coefficient (Wildman–Crippen LogP) is 1.40. The molecule has 2 heterocycles. The third-order valence-corrected chi connectivity index (χ3v) is 3.98. The van der Waals surface area contributed by atoms with Crippen molar-refractivity contribution in [1.29, 1.82) is 0 Å². The number of H-pyrrole nitrogens is 1. The molecule has 8 heteroatoms. The number of carboxylic acid groups (broad SMARTS) is 1. The molecule has 3 aromatic rings. The van der Waals surface area contributed by atoms with Crippen LogP contribution in [0.2, 0.25) is 0 Å². The van der Waals surface area contributed by atoms with Crippen LogP contribution in [-0.2, 0) is 29.1 Å². The molecular weight excluding hydrogens is 322 g/mol. The number of carboxylic acids is 1. The van der Waals surface area contributed by atoms with Gasteiger partial charge in [-0.05, 0) is 24.5 Å². The quantitative estimate of drug-likeness (QED) is 0.601. The molecular formula is C17H19N5O3. The van der Waals surface area contributed by atoms with Gasteiger partial charge in [-0.2, -0.15) is 0 Å². The third kappa shape index (κ3) is 4.03. The number of carbonyl (C=O) groups excluding carboxylic acids is 1. The van der Waals surface area contributed by atoms with Crippen LogP contribution in [0.15, 0.2) is 30.6 Å². The van der Waals surface area contributed by atoms with Crippen molar-refractivity contribution >= 4 is 22.8 Å². The van der Waals surface area contributed by atoms with Crippen LogP contribution in [0.4, 0.5) is 0 Å². The Morgan fingerprint density at radius 2 is 2.20 bits per heavy atom. The lowest BCUT2D eigenvalue weighted by Crippen LogP contribution is -2.23. The van der Waals surface area contributed by atoms with Crippen LogP contribution in [0.25, 0.3) is 10.9 Å². The topological polar surface area (TPSA) is 113 Å². The summed E-state index contributed by atoms with van der Waals surface area (Å²) >= 11 is 0. The Bertz CT molecular complexity index is 912. The number of hydrogen-bond donors (Lipinski definition) is 3. The van der Waals surface area contributed by atoms with Gasteiger partial charge in [0.1, 0.15) is 12.2 Å².